The molecule has 1 heterocycles. The van der Waals surface area contributed by atoms with Crippen molar-refractivity contribution < 1.29 is 0 Å². The molecule has 0 aliphatic heterocycles. The van der Waals surface area contributed by atoms with E-state index in [0.29, 0.717) is 10.0 Å². The minimum Gasteiger partial charge on any atom is -0.331 e. The van der Waals surface area contributed by atoms with Gasteiger partial charge < -0.3 is 5.32 Å². The predicted octanol–water partition coefficient (Wildman–Crippen LogP) is 7.01. The molecule has 0 unspecified atom stereocenters. The van der Waals surface area contributed by atoms with E-state index in [1.54, 1.807) is 23.5 Å². The average molecular weight is 371 g/mol. The zero-order valence-corrected chi connectivity index (χ0v) is 14.8. The van der Waals surface area contributed by atoms with Crippen LogP contribution in [-0.2, 0) is 0 Å². The highest BCUT2D eigenvalue weighted by molar-refractivity contribution is 7.14. The maximum absolute atomic E-state index is 6.05. The lowest BCUT2D eigenvalue weighted by atomic mass is 10.1. The number of halogens is 2. The number of thiazole rings is 1. The summed E-state index contributed by atoms with van der Waals surface area (Å²) in [5.41, 5.74) is 2.92. The molecule has 0 spiro atoms. The number of hydrogen-bond donors (Lipinski definition) is 1. The third kappa shape index (κ3) is 3.11. The molecule has 0 bridgehead atoms. The monoisotopic (exact) mass is 370 g/mol. The van der Waals surface area contributed by atoms with Gasteiger partial charge in [-0.25, -0.2) is 4.98 Å². The number of nitrogens with zero attached hydrogens (tertiary/aromatic N) is 1. The molecule has 0 amide bonds. The molecular formula is C19H12Cl2N2S. The molecule has 1 N–H and O–H groups in total. The normalized spacial score (nSPS) is 10.9. The summed E-state index contributed by atoms with van der Waals surface area (Å²) in [6.45, 7) is 0. The molecule has 0 atom stereocenters. The molecule has 3 aromatic carbocycles. The topological polar surface area (TPSA) is 24.9 Å². The van der Waals surface area contributed by atoms with Crippen LogP contribution in [-0.4, -0.2) is 4.98 Å². The van der Waals surface area contributed by atoms with Gasteiger partial charge in [0.05, 0.1) is 15.7 Å². The lowest BCUT2D eigenvalue weighted by Gasteiger charge is -2.04. The van der Waals surface area contributed by atoms with E-state index >= 15 is 0 Å². The Balaban J connectivity index is 1.62. The molecule has 4 aromatic rings. The van der Waals surface area contributed by atoms with Crippen LogP contribution < -0.4 is 5.32 Å². The largest absolute Gasteiger partial charge is 0.331 e. The van der Waals surface area contributed by atoms with Crippen LogP contribution in [0.5, 0.6) is 0 Å². The third-order valence-electron chi connectivity index (χ3n) is 3.72. The van der Waals surface area contributed by atoms with Crippen molar-refractivity contribution >= 4 is 56.1 Å². The fourth-order valence-corrected chi connectivity index (χ4v) is 3.55. The average Bonchev–Trinajstić information content (AvgIpc) is 3.06. The maximum atomic E-state index is 6.05. The van der Waals surface area contributed by atoms with E-state index < -0.39 is 0 Å². The molecule has 0 aliphatic rings. The van der Waals surface area contributed by atoms with E-state index in [2.05, 4.69) is 40.6 Å². The Kier molecular flexibility index (Phi) is 4.15. The van der Waals surface area contributed by atoms with Crippen molar-refractivity contribution in [2.24, 2.45) is 0 Å². The molecule has 24 heavy (non-hydrogen) atoms. The van der Waals surface area contributed by atoms with Gasteiger partial charge in [-0.2, -0.15) is 0 Å². The summed E-state index contributed by atoms with van der Waals surface area (Å²) in [6, 6.07) is 20.1. The van der Waals surface area contributed by atoms with Crippen molar-refractivity contribution in [1.82, 2.24) is 4.98 Å². The summed E-state index contributed by atoms with van der Waals surface area (Å²) >= 11 is 13.5. The lowest BCUT2D eigenvalue weighted by Crippen LogP contribution is -1.89. The third-order valence-corrected chi connectivity index (χ3v) is 5.22. The molecule has 118 valence electrons. The SMILES string of the molecule is Clc1ccc(Nc2nc(-c3ccc4ccccc4c3)cs2)cc1Cl. The van der Waals surface area contributed by atoms with Crippen LogP contribution in [0.4, 0.5) is 10.8 Å². The fourth-order valence-electron chi connectivity index (χ4n) is 2.51. The number of hydrogen-bond acceptors (Lipinski definition) is 3. The second-order valence-electron chi connectivity index (χ2n) is 5.35. The number of aromatic nitrogens is 1. The Morgan fingerprint density at radius 3 is 2.50 bits per heavy atom. The molecule has 0 saturated carbocycles. The minimum absolute atomic E-state index is 0.521. The zero-order chi connectivity index (χ0) is 16.5. The van der Waals surface area contributed by atoms with Crippen molar-refractivity contribution in [2.45, 2.75) is 0 Å². The summed E-state index contributed by atoms with van der Waals surface area (Å²) in [4.78, 5) is 4.67. The van der Waals surface area contributed by atoms with E-state index in [1.165, 1.54) is 10.8 Å². The summed E-state index contributed by atoms with van der Waals surface area (Å²) in [5, 5.41) is 9.62. The minimum atomic E-state index is 0.521. The summed E-state index contributed by atoms with van der Waals surface area (Å²) in [6.07, 6.45) is 0. The highest BCUT2D eigenvalue weighted by Crippen LogP contribution is 2.31. The number of nitrogens with one attached hydrogen (secondary N) is 1. The van der Waals surface area contributed by atoms with Crippen LogP contribution in [0.25, 0.3) is 22.0 Å². The van der Waals surface area contributed by atoms with E-state index in [1.807, 2.05) is 23.6 Å². The van der Waals surface area contributed by atoms with E-state index in [9.17, 15) is 0 Å². The van der Waals surface area contributed by atoms with E-state index in [-0.39, 0.29) is 0 Å². The van der Waals surface area contributed by atoms with Gasteiger partial charge in [-0.15, -0.1) is 11.3 Å². The van der Waals surface area contributed by atoms with Gasteiger partial charge in [-0.1, -0.05) is 59.6 Å². The van der Waals surface area contributed by atoms with Gasteiger partial charge in [0.2, 0.25) is 0 Å². The molecule has 4 rings (SSSR count). The van der Waals surface area contributed by atoms with Gasteiger partial charge in [-0.05, 0) is 35.0 Å². The van der Waals surface area contributed by atoms with Gasteiger partial charge in [0.15, 0.2) is 5.13 Å². The smallest absolute Gasteiger partial charge is 0.187 e. The first kappa shape index (κ1) is 15.5. The van der Waals surface area contributed by atoms with Crippen LogP contribution in [0, 0.1) is 0 Å². The van der Waals surface area contributed by atoms with Gasteiger partial charge >= 0.3 is 0 Å². The summed E-state index contributed by atoms with van der Waals surface area (Å²) in [5.74, 6) is 0. The van der Waals surface area contributed by atoms with Crippen molar-refractivity contribution in [2.75, 3.05) is 5.32 Å². The molecule has 0 aliphatic carbocycles. The van der Waals surface area contributed by atoms with Crippen LogP contribution in [0.15, 0.2) is 66.0 Å². The van der Waals surface area contributed by atoms with Gasteiger partial charge in [0, 0.05) is 16.6 Å². The Bertz CT molecular complexity index is 1030. The van der Waals surface area contributed by atoms with Crippen molar-refractivity contribution in [1.29, 1.82) is 0 Å². The maximum Gasteiger partial charge on any atom is 0.187 e. The quantitative estimate of drug-likeness (QED) is 0.419. The first-order chi connectivity index (χ1) is 11.7. The molecule has 5 heteroatoms. The number of anilines is 2. The van der Waals surface area contributed by atoms with Crippen LogP contribution >= 0.6 is 34.5 Å². The Morgan fingerprint density at radius 1 is 0.833 bits per heavy atom. The van der Waals surface area contributed by atoms with Gasteiger partial charge in [0.25, 0.3) is 0 Å². The highest BCUT2D eigenvalue weighted by atomic mass is 35.5. The molecule has 0 radical (unpaired) electrons. The van der Waals surface area contributed by atoms with Gasteiger partial charge in [-0.3, -0.25) is 0 Å². The van der Waals surface area contributed by atoms with Gasteiger partial charge in [0.1, 0.15) is 0 Å². The number of rotatable bonds is 3. The Morgan fingerprint density at radius 2 is 1.67 bits per heavy atom. The number of fused-ring (bicyclic) bond motifs is 1. The summed E-state index contributed by atoms with van der Waals surface area (Å²) in [7, 11) is 0. The fraction of sp³-hybridized carbons (Fsp3) is 0. The first-order valence-corrected chi connectivity index (χ1v) is 8.99. The van der Waals surface area contributed by atoms with Crippen molar-refractivity contribution in [3.8, 4) is 11.3 Å². The molecule has 0 saturated heterocycles. The van der Waals surface area contributed by atoms with Crippen LogP contribution in [0.1, 0.15) is 0 Å². The molecule has 2 nitrogen and oxygen atoms in total. The lowest BCUT2D eigenvalue weighted by molar-refractivity contribution is 1.39. The van der Waals surface area contributed by atoms with Crippen molar-refractivity contribution in [3.63, 3.8) is 0 Å². The Hall–Kier alpha value is -2.07. The first-order valence-electron chi connectivity index (χ1n) is 7.36. The van der Waals surface area contributed by atoms with E-state index in [4.69, 9.17) is 23.2 Å². The summed E-state index contributed by atoms with van der Waals surface area (Å²) < 4.78 is 0. The predicted molar refractivity (Wildman–Crippen MR) is 105 cm³/mol. The van der Waals surface area contributed by atoms with E-state index in [0.717, 1.165) is 22.1 Å². The molecule has 1 aromatic heterocycles. The van der Waals surface area contributed by atoms with Crippen LogP contribution in [0.2, 0.25) is 10.0 Å². The van der Waals surface area contributed by atoms with Crippen molar-refractivity contribution in [3.05, 3.63) is 76.1 Å². The molecule has 0 fully saturated rings. The zero-order valence-electron chi connectivity index (χ0n) is 12.5. The highest BCUT2D eigenvalue weighted by Gasteiger charge is 2.07. The molecular weight excluding hydrogens is 359 g/mol. The van der Waals surface area contributed by atoms with Crippen LogP contribution in [0.3, 0.4) is 0 Å². The number of benzene rings is 3. The Labute approximate surface area is 153 Å². The second-order valence-corrected chi connectivity index (χ2v) is 7.03. The standard InChI is InChI=1S/C19H12Cl2N2S/c20-16-8-7-15(10-17(16)21)22-19-23-18(11-24-19)14-6-5-12-3-1-2-4-13(12)9-14/h1-11H,(H,22,23). The second kappa shape index (κ2) is 6.44.